The summed E-state index contributed by atoms with van der Waals surface area (Å²) in [6.45, 7) is 2.71. The van der Waals surface area contributed by atoms with Gasteiger partial charge in [0, 0.05) is 16.5 Å². The zero-order valence-corrected chi connectivity index (χ0v) is 15.5. The van der Waals surface area contributed by atoms with Crippen molar-refractivity contribution in [2.75, 3.05) is 5.32 Å². The minimum absolute atomic E-state index is 0.119. The van der Waals surface area contributed by atoms with Gasteiger partial charge in [0.1, 0.15) is 16.3 Å². The number of rotatable bonds is 6. The third kappa shape index (κ3) is 3.33. The van der Waals surface area contributed by atoms with Crippen LogP contribution in [0.3, 0.4) is 0 Å². The summed E-state index contributed by atoms with van der Waals surface area (Å²) >= 11 is 3.30. The Bertz CT molecular complexity index is 956. The lowest BCUT2D eigenvalue weighted by molar-refractivity contribution is 0.518. The van der Waals surface area contributed by atoms with Crippen molar-refractivity contribution in [3.05, 3.63) is 59.4 Å². The van der Waals surface area contributed by atoms with Gasteiger partial charge >= 0.3 is 0 Å². The molecule has 0 radical (unpaired) electrons. The number of hydrogen-bond acceptors (Lipinski definition) is 6. The SMILES string of the molecule is C[C@H](N)Cc1sc2c(NCc3ccco3)snc2c1-c1ccccc1. The van der Waals surface area contributed by atoms with Gasteiger partial charge in [0.15, 0.2) is 0 Å². The maximum Gasteiger partial charge on any atom is 0.127 e. The van der Waals surface area contributed by atoms with E-state index < -0.39 is 0 Å². The number of thiophene rings is 1. The van der Waals surface area contributed by atoms with Crippen LogP contribution in [-0.4, -0.2) is 10.4 Å². The van der Waals surface area contributed by atoms with E-state index in [0.29, 0.717) is 6.54 Å². The number of nitrogens with zero attached hydrogens (tertiary/aromatic N) is 1. The minimum atomic E-state index is 0.119. The van der Waals surface area contributed by atoms with Crippen LogP contribution < -0.4 is 11.1 Å². The molecule has 0 aliphatic rings. The Balaban J connectivity index is 1.74. The van der Waals surface area contributed by atoms with Crippen molar-refractivity contribution in [1.29, 1.82) is 0 Å². The molecule has 0 aliphatic heterocycles. The molecule has 0 aliphatic carbocycles. The van der Waals surface area contributed by atoms with E-state index in [9.17, 15) is 0 Å². The number of fused-ring (bicyclic) bond motifs is 1. The van der Waals surface area contributed by atoms with Crippen molar-refractivity contribution in [2.45, 2.75) is 25.9 Å². The number of hydrogen-bond donors (Lipinski definition) is 2. The number of nitrogens with two attached hydrogens (primary N) is 1. The third-order valence-electron chi connectivity index (χ3n) is 3.96. The van der Waals surface area contributed by atoms with Gasteiger partial charge in [-0.05, 0) is 42.6 Å². The summed E-state index contributed by atoms with van der Waals surface area (Å²) in [5.74, 6) is 0.914. The highest BCUT2D eigenvalue weighted by molar-refractivity contribution is 7.25. The van der Waals surface area contributed by atoms with Gasteiger partial charge in [0.2, 0.25) is 0 Å². The van der Waals surface area contributed by atoms with Crippen LogP contribution >= 0.6 is 22.9 Å². The first-order valence-electron chi connectivity index (χ1n) is 8.20. The standard InChI is InChI=1S/C19H19N3OS2/c1-12(20)10-15-16(13-6-3-2-4-7-13)17-18(24-15)19(25-22-17)21-11-14-8-5-9-23-14/h2-9,12,21H,10-11,20H2,1H3/t12-/m0/s1. The Kier molecular flexibility index (Phi) is 4.57. The van der Waals surface area contributed by atoms with E-state index in [1.54, 1.807) is 17.6 Å². The van der Waals surface area contributed by atoms with E-state index in [0.717, 1.165) is 22.7 Å². The lowest BCUT2D eigenvalue weighted by atomic mass is 10.0. The quantitative estimate of drug-likeness (QED) is 0.495. The van der Waals surface area contributed by atoms with Crippen molar-refractivity contribution >= 4 is 38.1 Å². The van der Waals surface area contributed by atoms with Crippen LogP contribution in [0.15, 0.2) is 53.1 Å². The fourth-order valence-corrected chi connectivity index (χ4v) is 5.17. The molecule has 3 N–H and O–H groups in total. The van der Waals surface area contributed by atoms with Gasteiger partial charge in [-0.1, -0.05) is 30.3 Å². The number of aromatic nitrogens is 1. The van der Waals surface area contributed by atoms with Crippen molar-refractivity contribution in [1.82, 2.24) is 4.37 Å². The van der Waals surface area contributed by atoms with E-state index in [-0.39, 0.29) is 6.04 Å². The van der Waals surface area contributed by atoms with Crippen molar-refractivity contribution in [2.24, 2.45) is 5.73 Å². The summed E-state index contributed by atoms with van der Waals surface area (Å²) < 4.78 is 11.3. The number of anilines is 1. The molecule has 1 atom stereocenters. The molecule has 3 aromatic heterocycles. The molecule has 6 heteroatoms. The number of nitrogens with one attached hydrogen (secondary N) is 1. The zero-order valence-electron chi connectivity index (χ0n) is 13.9. The Hall–Kier alpha value is -2.15. The maximum absolute atomic E-state index is 6.08. The van der Waals surface area contributed by atoms with E-state index in [2.05, 4.69) is 29.6 Å². The molecule has 0 saturated heterocycles. The van der Waals surface area contributed by atoms with Crippen LogP contribution in [-0.2, 0) is 13.0 Å². The first-order valence-corrected chi connectivity index (χ1v) is 9.79. The van der Waals surface area contributed by atoms with Crippen LogP contribution in [0.25, 0.3) is 21.3 Å². The first kappa shape index (κ1) is 16.3. The Morgan fingerprint density at radius 3 is 2.76 bits per heavy atom. The van der Waals surface area contributed by atoms with Gasteiger partial charge in [-0.15, -0.1) is 11.3 Å². The van der Waals surface area contributed by atoms with Crippen molar-refractivity contribution in [3.63, 3.8) is 0 Å². The smallest absolute Gasteiger partial charge is 0.127 e. The average Bonchev–Trinajstić information content (AvgIpc) is 3.30. The van der Waals surface area contributed by atoms with Crippen LogP contribution in [0.2, 0.25) is 0 Å². The van der Waals surface area contributed by atoms with E-state index in [4.69, 9.17) is 14.5 Å². The summed E-state index contributed by atoms with van der Waals surface area (Å²) in [7, 11) is 0. The van der Waals surface area contributed by atoms with Gasteiger partial charge in [0.25, 0.3) is 0 Å². The second kappa shape index (κ2) is 7.00. The lowest BCUT2D eigenvalue weighted by Gasteiger charge is -2.06. The molecule has 3 heterocycles. The summed E-state index contributed by atoms with van der Waals surface area (Å²) in [4.78, 5) is 1.30. The minimum Gasteiger partial charge on any atom is -0.467 e. The fourth-order valence-electron chi connectivity index (χ4n) is 2.87. The van der Waals surface area contributed by atoms with Gasteiger partial charge in [-0.25, -0.2) is 0 Å². The third-order valence-corrected chi connectivity index (χ3v) is 6.12. The topological polar surface area (TPSA) is 64.1 Å². The predicted octanol–water partition coefficient (Wildman–Crippen LogP) is 5.12. The van der Waals surface area contributed by atoms with Gasteiger partial charge in [-0.2, -0.15) is 4.37 Å². The normalized spacial score (nSPS) is 12.6. The predicted molar refractivity (Wildman–Crippen MR) is 106 cm³/mol. The molecule has 0 spiro atoms. The fraction of sp³-hybridized carbons (Fsp3) is 0.211. The molecule has 0 fully saturated rings. The Morgan fingerprint density at radius 2 is 2.04 bits per heavy atom. The lowest BCUT2D eigenvalue weighted by Crippen LogP contribution is -2.17. The van der Waals surface area contributed by atoms with E-state index >= 15 is 0 Å². The van der Waals surface area contributed by atoms with Crippen LogP contribution in [0, 0.1) is 0 Å². The molecule has 0 bridgehead atoms. The van der Waals surface area contributed by atoms with Crippen LogP contribution in [0.5, 0.6) is 0 Å². The molecule has 4 aromatic rings. The summed E-state index contributed by atoms with van der Waals surface area (Å²) in [5, 5.41) is 4.54. The van der Waals surface area contributed by atoms with E-state index in [1.165, 1.54) is 32.2 Å². The van der Waals surface area contributed by atoms with Gasteiger partial charge in [0.05, 0.1) is 17.5 Å². The summed E-state index contributed by atoms with van der Waals surface area (Å²) in [5.41, 5.74) is 9.58. The van der Waals surface area contributed by atoms with Crippen molar-refractivity contribution in [3.8, 4) is 11.1 Å². The molecule has 4 nitrogen and oxygen atoms in total. The molecule has 1 aromatic carbocycles. The highest BCUT2D eigenvalue weighted by Gasteiger charge is 2.20. The average molecular weight is 370 g/mol. The van der Waals surface area contributed by atoms with Gasteiger partial charge in [-0.3, -0.25) is 0 Å². The van der Waals surface area contributed by atoms with E-state index in [1.807, 2.05) is 25.1 Å². The van der Waals surface area contributed by atoms with Crippen LogP contribution in [0.4, 0.5) is 5.00 Å². The highest BCUT2D eigenvalue weighted by Crippen LogP contribution is 2.44. The molecule has 4 rings (SSSR count). The molecular formula is C19H19N3OS2. The highest BCUT2D eigenvalue weighted by atomic mass is 32.1. The van der Waals surface area contributed by atoms with Crippen LogP contribution in [0.1, 0.15) is 17.6 Å². The Morgan fingerprint density at radius 1 is 1.20 bits per heavy atom. The monoisotopic (exact) mass is 369 g/mol. The second-order valence-electron chi connectivity index (χ2n) is 6.07. The summed E-state index contributed by atoms with van der Waals surface area (Å²) in [6, 6.07) is 14.4. The Labute approximate surface area is 154 Å². The molecule has 128 valence electrons. The van der Waals surface area contributed by atoms with Gasteiger partial charge < -0.3 is 15.5 Å². The number of benzene rings is 1. The largest absolute Gasteiger partial charge is 0.467 e. The molecule has 0 saturated carbocycles. The van der Waals surface area contributed by atoms with Crippen molar-refractivity contribution < 1.29 is 4.42 Å². The zero-order chi connectivity index (χ0) is 17.2. The number of furan rings is 1. The first-order chi connectivity index (χ1) is 12.2. The molecule has 0 unspecified atom stereocenters. The summed E-state index contributed by atoms with van der Waals surface area (Å²) in [6.07, 6.45) is 2.55. The maximum atomic E-state index is 6.08. The molecule has 0 amide bonds. The molecule has 25 heavy (non-hydrogen) atoms. The molecular weight excluding hydrogens is 350 g/mol. The second-order valence-corrected chi connectivity index (χ2v) is 7.95.